The molecule has 1 atom stereocenters. The molecule has 0 aliphatic heterocycles. The van der Waals surface area contributed by atoms with E-state index >= 15 is 0 Å². The summed E-state index contributed by atoms with van der Waals surface area (Å²) < 4.78 is 26.4. The van der Waals surface area contributed by atoms with Crippen molar-refractivity contribution in [2.75, 3.05) is 13.6 Å². The van der Waals surface area contributed by atoms with E-state index in [1.54, 1.807) is 36.4 Å². The van der Waals surface area contributed by atoms with Gasteiger partial charge < -0.3 is 0 Å². The highest BCUT2D eigenvalue weighted by atomic mass is 79.9. The van der Waals surface area contributed by atoms with Crippen molar-refractivity contribution in [3.8, 4) is 0 Å². The van der Waals surface area contributed by atoms with Crippen molar-refractivity contribution in [2.45, 2.75) is 16.6 Å². The maximum Gasteiger partial charge on any atom is 0.269 e. The van der Waals surface area contributed by atoms with Crippen molar-refractivity contribution in [1.82, 2.24) is 4.31 Å². The lowest BCUT2D eigenvalue weighted by atomic mass is 10.1. The van der Waals surface area contributed by atoms with Crippen LogP contribution in [-0.2, 0) is 10.0 Å². The van der Waals surface area contributed by atoms with Gasteiger partial charge in [-0.1, -0.05) is 45.8 Å². The summed E-state index contributed by atoms with van der Waals surface area (Å²) in [7, 11) is -2.08. The van der Waals surface area contributed by atoms with Gasteiger partial charge in [-0.15, -0.1) is 0 Å². The first-order valence-corrected chi connectivity index (χ1v) is 9.49. The molecule has 2 rings (SSSR count). The zero-order chi connectivity index (χ0) is 17.9. The summed E-state index contributed by atoms with van der Waals surface area (Å²) in [6.45, 7) is 2.09. The van der Waals surface area contributed by atoms with E-state index in [1.807, 2.05) is 6.92 Å². The van der Waals surface area contributed by atoms with Crippen LogP contribution in [-0.4, -0.2) is 31.2 Å². The van der Waals surface area contributed by atoms with Crippen LogP contribution in [0.15, 0.2) is 53.4 Å². The zero-order valence-electron chi connectivity index (χ0n) is 13.2. The number of rotatable bonds is 6. The Bertz CT molecular complexity index is 820. The average Bonchev–Trinajstić information content (AvgIpc) is 2.55. The van der Waals surface area contributed by atoms with Gasteiger partial charge in [0.1, 0.15) is 0 Å². The number of sulfonamides is 1. The lowest BCUT2D eigenvalue weighted by Crippen LogP contribution is -2.29. The number of hydrogen-bond acceptors (Lipinski definition) is 4. The summed E-state index contributed by atoms with van der Waals surface area (Å²) in [6.07, 6.45) is 0. The fraction of sp³-hybridized carbons (Fsp3) is 0.250. The van der Waals surface area contributed by atoms with Gasteiger partial charge in [0.05, 0.1) is 14.6 Å². The molecule has 2 aromatic rings. The van der Waals surface area contributed by atoms with Crippen LogP contribution in [0.1, 0.15) is 16.0 Å². The number of alkyl halides is 1. The third kappa shape index (κ3) is 4.19. The quantitative estimate of drug-likeness (QED) is 0.411. The van der Waals surface area contributed by atoms with E-state index in [0.29, 0.717) is 0 Å². The molecular weight excluding hydrogens is 396 g/mol. The summed E-state index contributed by atoms with van der Waals surface area (Å²) in [5.74, 6) is 0. The molecule has 2 aromatic carbocycles. The SMILES string of the molecule is Cc1ccc(S(=O)(=O)N(C)CC(Br)c2ccc([N+](=O)[O-])cc2)cc1. The summed E-state index contributed by atoms with van der Waals surface area (Å²) in [5, 5.41) is 10.7. The Hall–Kier alpha value is -1.77. The van der Waals surface area contributed by atoms with Gasteiger partial charge in [-0.3, -0.25) is 10.1 Å². The van der Waals surface area contributed by atoms with Gasteiger partial charge in [-0.25, -0.2) is 8.42 Å². The Labute approximate surface area is 149 Å². The van der Waals surface area contributed by atoms with Gasteiger partial charge >= 0.3 is 0 Å². The second kappa shape index (κ2) is 7.42. The highest BCUT2D eigenvalue weighted by molar-refractivity contribution is 9.09. The molecule has 0 N–H and O–H groups in total. The Balaban J connectivity index is 2.14. The fourth-order valence-corrected chi connectivity index (χ4v) is 4.24. The number of halogens is 1. The van der Waals surface area contributed by atoms with E-state index in [1.165, 1.54) is 23.5 Å². The van der Waals surface area contributed by atoms with Gasteiger partial charge in [-0.2, -0.15) is 4.31 Å². The maximum absolute atomic E-state index is 12.6. The minimum absolute atomic E-state index is 0.000850. The van der Waals surface area contributed by atoms with Gasteiger partial charge in [0.25, 0.3) is 5.69 Å². The van der Waals surface area contributed by atoms with Crippen LogP contribution >= 0.6 is 15.9 Å². The molecule has 0 saturated carbocycles. The van der Waals surface area contributed by atoms with E-state index < -0.39 is 14.9 Å². The van der Waals surface area contributed by atoms with Crippen molar-refractivity contribution in [1.29, 1.82) is 0 Å². The minimum Gasteiger partial charge on any atom is -0.258 e. The molecule has 0 saturated heterocycles. The molecule has 0 aromatic heterocycles. The molecule has 128 valence electrons. The van der Waals surface area contributed by atoms with Crippen LogP contribution in [0.4, 0.5) is 5.69 Å². The molecule has 1 unspecified atom stereocenters. The summed E-state index contributed by atoms with van der Waals surface area (Å²) in [6, 6.07) is 12.7. The maximum atomic E-state index is 12.6. The van der Waals surface area contributed by atoms with E-state index in [4.69, 9.17) is 0 Å². The van der Waals surface area contributed by atoms with E-state index in [0.717, 1.165) is 11.1 Å². The molecule has 8 heteroatoms. The van der Waals surface area contributed by atoms with Crippen LogP contribution in [0.25, 0.3) is 0 Å². The molecule has 0 radical (unpaired) electrons. The van der Waals surface area contributed by atoms with Gasteiger partial charge in [0.2, 0.25) is 10.0 Å². The lowest BCUT2D eigenvalue weighted by Gasteiger charge is -2.20. The summed E-state index contributed by atoms with van der Waals surface area (Å²) >= 11 is 3.45. The average molecular weight is 413 g/mol. The van der Waals surface area contributed by atoms with Crippen molar-refractivity contribution in [2.24, 2.45) is 0 Å². The second-order valence-corrected chi connectivity index (χ2v) is 8.56. The number of aryl methyl sites for hydroxylation is 1. The standard InChI is InChI=1S/C16H17BrN2O4S/c1-12-3-9-15(10-4-12)24(22,23)18(2)11-16(17)13-5-7-14(8-6-13)19(20)21/h3-10,16H,11H2,1-2H3. The van der Waals surface area contributed by atoms with Crippen molar-refractivity contribution in [3.05, 3.63) is 69.8 Å². The fourth-order valence-electron chi connectivity index (χ4n) is 2.12. The zero-order valence-corrected chi connectivity index (χ0v) is 15.6. The second-order valence-electron chi connectivity index (χ2n) is 5.41. The number of nitrogens with zero attached hydrogens (tertiary/aromatic N) is 2. The highest BCUT2D eigenvalue weighted by Gasteiger charge is 2.23. The van der Waals surface area contributed by atoms with E-state index in [-0.39, 0.29) is 22.0 Å². The molecule has 0 heterocycles. The molecule has 0 aliphatic carbocycles. The molecule has 0 bridgehead atoms. The number of likely N-dealkylation sites (N-methyl/N-ethyl adjacent to an activating group) is 1. The Kier molecular flexibility index (Phi) is 5.74. The Morgan fingerprint density at radius 3 is 2.17 bits per heavy atom. The monoisotopic (exact) mass is 412 g/mol. The number of benzene rings is 2. The molecule has 0 amide bonds. The number of nitro benzene ring substituents is 1. The molecule has 0 spiro atoms. The lowest BCUT2D eigenvalue weighted by molar-refractivity contribution is -0.384. The molecule has 24 heavy (non-hydrogen) atoms. The van der Waals surface area contributed by atoms with Crippen LogP contribution in [0.5, 0.6) is 0 Å². The van der Waals surface area contributed by atoms with Crippen molar-refractivity contribution < 1.29 is 13.3 Å². The summed E-state index contributed by atoms with van der Waals surface area (Å²) in [4.78, 5) is 10.2. The number of non-ortho nitro benzene ring substituents is 1. The van der Waals surface area contributed by atoms with Crippen molar-refractivity contribution in [3.63, 3.8) is 0 Å². The predicted octanol–water partition coefficient (Wildman–Crippen LogP) is 3.66. The van der Waals surface area contributed by atoms with Crippen LogP contribution in [0.2, 0.25) is 0 Å². The number of nitro groups is 1. The minimum atomic E-state index is -3.59. The molecule has 0 aliphatic rings. The predicted molar refractivity (Wildman–Crippen MR) is 95.8 cm³/mol. The summed E-state index contributed by atoms with van der Waals surface area (Å²) in [5.41, 5.74) is 1.76. The number of hydrogen-bond donors (Lipinski definition) is 0. The topological polar surface area (TPSA) is 80.5 Å². The van der Waals surface area contributed by atoms with E-state index in [2.05, 4.69) is 15.9 Å². The van der Waals surface area contributed by atoms with Crippen LogP contribution < -0.4 is 0 Å². The molecular formula is C16H17BrN2O4S. The van der Waals surface area contributed by atoms with Gasteiger partial charge in [0.15, 0.2) is 0 Å². The van der Waals surface area contributed by atoms with Crippen LogP contribution in [0.3, 0.4) is 0 Å². The van der Waals surface area contributed by atoms with Gasteiger partial charge in [0, 0.05) is 25.7 Å². The smallest absolute Gasteiger partial charge is 0.258 e. The first kappa shape index (κ1) is 18.6. The van der Waals surface area contributed by atoms with Gasteiger partial charge in [-0.05, 0) is 24.6 Å². The van der Waals surface area contributed by atoms with E-state index in [9.17, 15) is 18.5 Å². The third-order valence-corrected chi connectivity index (χ3v) is 6.27. The Morgan fingerprint density at radius 1 is 1.12 bits per heavy atom. The largest absolute Gasteiger partial charge is 0.269 e. The highest BCUT2D eigenvalue weighted by Crippen LogP contribution is 2.27. The first-order valence-electron chi connectivity index (χ1n) is 7.13. The van der Waals surface area contributed by atoms with Crippen LogP contribution in [0, 0.1) is 17.0 Å². The normalized spacial score (nSPS) is 13.0. The Morgan fingerprint density at radius 2 is 1.67 bits per heavy atom. The molecule has 0 fully saturated rings. The third-order valence-electron chi connectivity index (χ3n) is 3.61. The molecule has 6 nitrogen and oxygen atoms in total. The van der Waals surface area contributed by atoms with Crippen molar-refractivity contribution >= 4 is 31.6 Å². The first-order chi connectivity index (χ1) is 11.2.